The number of hydrogen-bond acceptors (Lipinski definition) is 6. The highest BCUT2D eigenvalue weighted by molar-refractivity contribution is 7.99. The number of thioether (sulfide) groups is 1. The lowest BCUT2D eigenvalue weighted by atomic mass is 10.1. The summed E-state index contributed by atoms with van der Waals surface area (Å²) in [6, 6.07) is 11.7. The standard InChI is InChI=1S/C21H22N2O4S/c1-27-21-9-7-16(14-17(21)15-22-10-12-28-13-11-22)6-8-20(24)18-4-2-3-5-19(18)23(25)26/h2-9,14H,10-13,15H2,1H3/b8-6+. The lowest BCUT2D eigenvalue weighted by Gasteiger charge is -2.26. The average molecular weight is 398 g/mol. The fraction of sp³-hybridized carbons (Fsp3) is 0.286. The Morgan fingerprint density at radius 1 is 1.25 bits per heavy atom. The fourth-order valence-electron chi connectivity index (χ4n) is 3.13. The minimum absolute atomic E-state index is 0.0864. The maximum atomic E-state index is 12.4. The van der Waals surface area contributed by atoms with Crippen molar-refractivity contribution in [2.45, 2.75) is 6.54 Å². The van der Waals surface area contributed by atoms with E-state index in [0.29, 0.717) is 0 Å². The van der Waals surface area contributed by atoms with E-state index in [0.717, 1.165) is 48.0 Å². The highest BCUT2D eigenvalue weighted by Gasteiger charge is 2.17. The molecule has 28 heavy (non-hydrogen) atoms. The van der Waals surface area contributed by atoms with Crippen molar-refractivity contribution >= 4 is 29.3 Å². The molecule has 0 bridgehead atoms. The predicted molar refractivity (Wildman–Crippen MR) is 112 cm³/mol. The smallest absolute Gasteiger partial charge is 0.280 e. The van der Waals surface area contributed by atoms with E-state index in [1.807, 2.05) is 30.0 Å². The van der Waals surface area contributed by atoms with Crippen molar-refractivity contribution in [3.05, 3.63) is 75.3 Å². The number of rotatable bonds is 7. The summed E-state index contributed by atoms with van der Waals surface area (Å²) in [6.07, 6.45) is 3.07. The van der Waals surface area contributed by atoms with Gasteiger partial charge in [0.15, 0.2) is 5.78 Å². The van der Waals surface area contributed by atoms with Crippen LogP contribution in [0.1, 0.15) is 21.5 Å². The number of carbonyl (C=O) groups excluding carboxylic acids is 1. The highest BCUT2D eigenvalue weighted by atomic mass is 32.2. The molecule has 1 saturated heterocycles. The minimum atomic E-state index is -0.538. The molecule has 1 heterocycles. The second kappa shape index (κ2) is 9.52. The Morgan fingerprint density at radius 2 is 2.00 bits per heavy atom. The van der Waals surface area contributed by atoms with Gasteiger partial charge in [-0.15, -0.1) is 0 Å². The molecule has 1 aliphatic rings. The van der Waals surface area contributed by atoms with Crippen LogP contribution >= 0.6 is 11.8 Å². The third-order valence-corrected chi connectivity index (χ3v) is 5.54. The van der Waals surface area contributed by atoms with Gasteiger partial charge < -0.3 is 4.74 Å². The molecule has 0 aromatic heterocycles. The molecule has 6 nitrogen and oxygen atoms in total. The van der Waals surface area contributed by atoms with Crippen molar-refractivity contribution in [2.24, 2.45) is 0 Å². The van der Waals surface area contributed by atoms with E-state index in [4.69, 9.17) is 4.74 Å². The van der Waals surface area contributed by atoms with E-state index < -0.39 is 10.7 Å². The molecule has 0 unspecified atom stereocenters. The second-order valence-electron chi connectivity index (χ2n) is 6.43. The van der Waals surface area contributed by atoms with Crippen molar-refractivity contribution in [3.8, 4) is 5.75 Å². The van der Waals surface area contributed by atoms with Crippen LogP contribution in [0.2, 0.25) is 0 Å². The molecule has 0 N–H and O–H groups in total. The van der Waals surface area contributed by atoms with Crippen LogP contribution in [0.4, 0.5) is 5.69 Å². The number of benzene rings is 2. The largest absolute Gasteiger partial charge is 0.496 e. The number of allylic oxidation sites excluding steroid dienone is 1. The number of hydrogen-bond donors (Lipinski definition) is 0. The Morgan fingerprint density at radius 3 is 2.71 bits per heavy atom. The van der Waals surface area contributed by atoms with Crippen molar-refractivity contribution in [2.75, 3.05) is 31.7 Å². The molecule has 7 heteroatoms. The van der Waals surface area contributed by atoms with E-state index in [1.165, 1.54) is 18.2 Å². The fourth-order valence-corrected chi connectivity index (χ4v) is 4.11. The third-order valence-electron chi connectivity index (χ3n) is 4.60. The van der Waals surface area contributed by atoms with Crippen LogP contribution < -0.4 is 4.74 Å². The summed E-state index contributed by atoms with van der Waals surface area (Å²) in [6.45, 7) is 2.89. The average Bonchev–Trinajstić information content (AvgIpc) is 2.73. The van der Waals surface area contributed by atoms with Crippen LogP contribution in [0.25, 0.3) is 6.08 Å². The molecule has 3 rings (SSSR count). The molecule has 2 aromatic carbocycles. The van der Waals surface area contributed by atoms with Crippen molar-refractivity contribution in [1.29, 1.82) is 0 Å². The zero-order valence-corrected chi connectivity index (χ0v) is 16.5. The molecule has 0 saturated carbocycles. The van der Waals surface area contributed by atoms with Crippen LogP contribution in [-0.4, -0.2) is 47.3 Å². The summed E-state index contributed by atoms with van der Waals surface area (Å²) < 4.78 is 5.48. The monoisotopic (exact) mass is 398 g/mol. The molecule has 0 amide bonds. The first-order chi connectivity index (χ1) is 13.6. The van der Waals surface area contributed by atoms with Crippen molar-refractivity contribution in [3.63, 3.8) is 0 Å². The lowest BCUT2D eigenvalue weighted by Crippen LogP contribution is -2.32. The van der Waals surface area contributed by atoms with Gasteiger partial charge in [-0.25, -0.2) is 0 Å². The Kier molecular flexibility index (Phi) is 6.84. The number of methoxy groups -OCH3 is 1. The summed E-state index contributed by atoms with van der Waals surface area (Å²) in [5, 5.41) is 11.1. The Labute approximate surface area is 168 Å². The Balaban J connectivity index is 1.79. The van der Waals surface area contributed by atoms with Gasteiger partial charge in [0.25, 0.3) is 5.69 Å². The van der Waals surface area contributed by atoms with Gasteiger partial charge in [-0.3, -0.25) is 19.8 Å². The molecule has 0 atom stereocenters. The van der Waals surface area contributed by atoms with Crippen LogP contribution in [-0.2, 0) is 6.54 Å². The Hall–Kier alpha value is -2.64. The first-order valence-electron chi connectivity index (χ1n) is 9.01. The van der Waals surface area contributed by atoms with E-state index in [9.17, 15) is 14.9 Å². The van der Waals surface area contributed by atoms with Crippen LogP contribution in [0.3, 0.4) is 0 Å². The molecule has 0 aliphatic carbocycles. The molecule has 1 fully saturated rings. The zero-order chi connectivity index (χ0) is 19.9. The molecule has 0 spiro atoms. The van der Waals surface area contributed by atoms with Gasteiger partial charge in [-0.1, -0.05) is 24.3 Å². The summed E-state index contributed by atoms with van der Waals surface area (Å²) in [5.41, 5.74) is 1.82. The van der Waals surface area contributed by atoms with Gasteiger partial charge in [0.05, 0.1) is 17.6 Å². The molecule has 2 aromatic rings. The second-order valence-corrected chi connectivity index (χ2v) is 7.66. The van der Waals surface area contributed by atoms with Crippen LogP contribution in [0.5, 0.6) is 5.75 Å². The van der Waals surface area contributed by atoms with Gasteiger partial charge in [-0.05, 0) is 29.8 Å². The number of carbonyl (C=O) groups is 1. The third kappa shape index (κ3) is 4.99. The molecular formula is C21H22N2O4S. The maximum Gasteiger partial charge on any atom is 0.280 e. The highest BCUT2D eigenvalue weighted by Crippen LogP contribution is 2.24. The van der Waals surface area contributed by atoms with E-state index in [1.54, 1.807) is 25.3 Å². The molecular weight excluding hydrogens is 376 g/mol. The summed E-state index contributed by atoms with van der Waals surface area (Å²) in [7, 11) is 1.65. The first-order valence-corrected chi connectivity index (χ1v) is 10.2. The molecule has 1 aliphatic heterocycles. The van der Waals surface area contributed by atoms with Gasteiger partial charge in [0.2, 0.25) is 0 Å². The lowest BCUT2D eigenvalue weighted by molar-refractivity contribution is -0.385. The van der Waals surface area contributed by atoms with Gasteiger partial charge in [0.1, 0.15) is 5.75 Å². The minimum Gasteiger partial charge on any atom is -0.496 e. The number of nitro groups is 1. The predicted octanol–water partition coefficient (Wildman–Crippen LogP) is 4.05. The summed E-state index contributed by atoms with van der Waals surface area (Å²) in [4.78, 5) is 25.4. The number of nitrogens with zero attached hydrogens (tertiary/aromatic N) is 2. The number of ketones is 1. The maximum absolute atomic E-state index is 12.4. The zero-order valence-electron chi connectivity index (χ0n) is 15.7. The number of para-hydroxylation sites is 1. The molecule has 0 radical (unpaired) electrons. The van der Waals surface area contributed by atoms with Gasteiger partial charge >= 0.3 is 0 Å². The van der Waals surface area contributed by atoms with E-state index in [-0.39, 0.29) is 11.3 Å². The normalized spacial score (nSPS) is 14.9. The number of nitro benzene ring substituents is 1. The van der Waals surface area contributed by atoms with E-state index in [2.05, 4.69) is 4.90 Å². The quantitative estimate of drug-likeness (QED) is 0.303. The first kappa shape index (κ1) is 20.1. The summed E-state index contributed by atoms with van der Waals surface area (Å²) in [5.74, 6) is 2.69. The van der Waals surface area contributed by atoms with Crippen LogP contribution in [0, 0.1) is 10.1 Å². The van der Waals surface area contributed by atoms with Gasteiger partial charge in [-0.2, -0.15) is 11.8 Å². The van der Waals surface area contributed by atoms with Crippen molar-refractivity contribution in [1.82, 2.24) is 4.90 Å². The van der Waals surface area contributed by atoms with E-state index >= 15 is 0 Å². The topological polar surface area (TPSA) is 72.7 Å². The Bertz CT molecular complexity index is 892. The summed E-state index contributed by atoms with van der Waals surface area (Å²) >= 11 is 1.97. The number of ether oxygens (including phenoxy) is 1. The van der Waals surface area contributed by atoms with Crippen molar-refractivity contribution < 1.29 is 14.5 Å². The molecule has 146 valence electrons. The van der Waals surface area contributed by atoms with Gasteiger partial charge in [0, 0.05) is 42.8 Å². The van der Waals surface area contributed by atoms with Crippen LogP contribution in [0.15, 0.2) is 48.5 Å². The SMILES string of the molecule is COc1ccc(/C=C/C(=O)c2ccccc2[N+](=O)[O-])cc1CN1CCSCC1.